The van der Waals surface area contributed by atoms with E-state index < -0.39 is 64.1 Å². The zero-order valence-corrected chi connectivity index (χ0v) is 29.1. The van der Waals surface area contributed by atoms with Crippen molar-refractivity contribution in [1.82, 2.24) is 26.1 Å². The van der Waals surface area contributed by atoms with Crippen molar-refractivity contribution in [1.29, 1.82) is 0 Å². The Morgan fingerprint density at radius 3 is 2.41 bits per heavy atom. The first-order valence-corrected chi connectivity index (χ1v) is 16.3. The number of rotatable bonds is 13. The molecule has 0 saturated carbocycles. The van der Waals surface area contributed by atoms with Crippen molar-refractivity contribution in [2.45, 2.75) is 88.6 Å². The molecule has 1 aliphatic heterocycles. The van der Waals surface area contributed by atoms with E-state index in [0.717, 1.165) is 16.3 Å². The van der Waals surface area contributed by atoms with Crippen LogP contribution in [0.3, 0.4) is 0 Å². The van der Waals surface area contributed by atoms with Gasteiger partial charge in [-0.3, -0.25) is 24.7 Å². The van der Waals surface area contributed by atoms with Gasteiger partial charge in [-0.15, -0.1) is 0 Å². The van der Waals surface area contributed by atoms with Crippen molar-refractivity contribution < 1.29 is 34.1 Å². The third kappa shape index (κ3) is 10.8. The molecule has 5 atom stereocenters. The minimum atomic E-state index is -1.76. The number of hydrogen-bond acceptors (Lipinski definition) is 10. The van der Waals surface area contributed by atoms with Gasteiger partial charge < -0.3 is 25.0 Å². The summed E-state index contributed by atoms with van der Waals surface area (Å²) in [6.45, 7) is 10.4. The van der Waals surface area contributed by atoms with E-state index in [9.17, 15) is 24.6 Å². The second-order valence-corrected chi connectivity index (χ2v) is 15.2. The number of aliphatic hydroxyl groups is 2. The molecule has 256 valence electrons. The van der Waals surface area contributed by atoms with E-state index in [4.69, 9.17) is 44.3 Å². The van der Waals surface area contributed by atoms with E-state index in [0.29, 0.717) is 25.3 Å². The predicted molar refractivity (Wildman–Crippen MR) is 176 cm³/mol. The molecule has 2 amide bonds. The van der Waals surface area contributed by atoms with Gasteiger partial charge in [0.1, 0.15) is 24.9 Å². The van der Waals surface area contributed by atoms with E-state index in [1.54, 1.807) is 40.0 Å². The molecule has 1 aromatic heterocycles. The fourth-order valence-electron chi connectivity index (χ4n) is 4.75. The third-order valence-corrected chi connectivity index (χ3v) is 7.99. The number of nitrogens with one attached hydrogen (secondary N) is 3. The molecule has 1 aromatic carbocycles. The molecule has 1 aliphatic rings. The van der Waals surface area contributed by atoms with Crippen molar-refractivity contribution in [3.63, 3.8) is 0 Å². The van der Waals surface area contributed by atoms with Crippen LogP contribution in [0.4, 0.5) is 0 Å². The van der Waals surface area contributed by atoms with Crippen LogP contribution in [-0.2, 0) is 19.1 Å². The largest absolute Gasteiger partial charge is 0.477 e. The molecule has 0 spiro atoms. The van der Waals surface area contributed by atoms with Crippen LogP contribution in [0.1, 0.15) is 66.1 Å². The molecule has 2 aromatic rings. The van der Waals surface area contributed by atoms with Crippen molar-refractivity contribution in [3.05, 3.63) is 36.0 Å². The molecular weight excluding hydrogens is 661 g/mol. The van der Waals surface area contributed by atoms with Gasteiger partial charge in [0.15, 0.2) is 0 Å². The van der Waals surface area contributed by atoms with Gasteiger partial charge in [-0.25, -0.2) is 10.4 Å². The standard InChI is InChI=1S/C31H44Cl3N5O7/c1-17(2)25(26(41)36-18(3)27(42)39-11-7-8-23(38-39)28(43)46-16-31(32,33)34)37-29(44)30(5,6)15-45-24-13-22-12-20(19(4)40)9-10-21(22)14-35-24/h9-10,12-14,17-19,23,25,29,37-38,40,44H,7-8,11,15-16H2,1-6H3,(H,36,41)/t18-,19+,23+,25-,29?/m0/s1. The maximum absolute atomic E-state index is 13.3. The summed E-state index contributed by atoms with van der Waals surface area (Å²) in [5.74, 6) is -1.48. The first-order chi connectivity index (χ1) is 21.4. The summed E-state index contributed by atoms with van der Waals surface area (Å²) in [6, 6.07) is 4.76. The Morgan fingerprint density at radius 1 is 1.09 bits per heavy atom. The fraction of sp³-hybridized carbons (Fsp3) is 0.613. The fourth-order valence-corrected chi connectivity index (χ4v) is 4.91. The minimum absolute atomic E-state index is 0.0724. The summed E-state index contributed by atoms with van der Waals surface area (Å²) < 4.78 is 9.22. The molecular formula is C31H44Cl3N5O7. The second-order valence-electron chi connectivity index (χ2n) is 12.6. The van der Waals surface area contributed by atoms with Gasteiger partial charge in [0.2, 0.25) is 15.6 Å². The van der Waals surface area contributed by atoms with E-state index in [2.05, 4.69) is 21.0 Å². The number of carbonyl (C=O) groups excluding carboxylic acids is 3. The van der Waals surface area contributed by atoms with E-state index in [-0.39, 0.29) is 12.5 Å². The van der Waals surface area contributed by atoms with E-state index in [1.165, 1.54) is 5.01 Å². The number of nitrogens with zero attached hydrogens (tertiary/aromatic N) is 2. The van der Waals surface area contributed by atoms with Gasteiger partial charge in [0.25, 0.3) is 5.91 Å². The van der Waals surface area contributed by atoms with Crippen LogP contribution in [0.15, 0.2) is 30.5 Å². The van der Waals surface area contributed by atoms with Crippen LogP contribution in [0.5, 0.6) is 5.88 Å². The van der Waals surface area contributed by atoms with Gasteiger partial charge in [-0.2, -0.15) is 0 Å². The Kier molecular flexibility index (Phi) is 13.3. The van der Waals surface area contributed by atoms with Crippen molar-refractivity contribution >= 4 is 63.4 Å². The highest BCUT2D eigenvalue weighted by Crippen LogP contribution is 2.27. The number of alkyl halides is 3. The Bertz CT molecular complexity index is 1370. The topological polar surface area (TPSA) is 162 Å². The molecule has 1 fully saturated rings. The number of hydrazine groups is 1. The number of aliphatic hydroxyl groups excluding tert-OH is 2. The summed E-state index contributed by atoms with van der Waals surface area (Å²) in [4.78, 5) is 43.3. The summed E-state index contributed by atoms with van der Waals surface area (Å²) in [6.07, 6.45) is 0.838. The highest BCUT2D eigenvalue weighted by atomic mass is 35.6. The lowest BCUT2D eigenvalue weighted by Crippen LogP contribution is -2.61. The molecule has 3 rings (SSSR count). The molecule has 15 heteroatoms. The third-order valence-electron chi connectivity index (χ3n) is 7.67. The Labute approximate surface area is 284 Å². The number of amides is 2. The quantitative estimate of drug-likeness (QED) is 0.119. The van der Waals surface area contributed by atoms with Crippen molar-refractivity contribution in [2.75, 3.05) is 19.8 Å². The SMILES string of the molecule is CC(C)[C@H](NC(O)C(C)(C)COc1cc2cc([C@@H](C)O)ccc2cn1)C(=O)N[C@@H](C)C(=O)N1CCC[C@H](C(=O)OCC(Cl)(Cl)Cl)N1. The highest BCUT2D eigenvalue weighted by Gasteiger charge is 2.36. The summed E-state index contributed by atoms with van der Waals surface area (Å²) in [5, 5.41) is 29.8. The summed E-state index contributed by atoms with van der Waals surface area (Å²) in [5.41, 5.74) is 2.75. The van der Waals surface area contributed by atoms with Crippen molar-refractivity contribution in [2.24, 2.45) is 11.3 Å². The molecule has 2 heterocycles. The molecule has 0 aliphatic carbocycles. The Balaban J connectivity index is 1.57. The number of carbonyl (C=O) groups is 3. The maximum Gasteiger partial charge on any atom is 0.325 e. The number of fused-ring (bicyclic) bond motifs is 1. The van der Waals surface area contributed by atoms with Gasteiger partial charge >= 0.3 is 5.97 Å². The average molecular weight is 705 g/mol. The number of esters is 1. The zero-order valence-electron chi connectivity index (χ0n) is 26.9. The molecule has 0 bridgehead atoms. The van der Waals surface area contributed by atoms with E-state index in [1.807, 2.05) is 32.0 Å². The number of pyridine rings is 1. The van der Waals surface area contributed by atoms with Crippen LogP contribution in [0.25, 0.3) is 10.8 Å². The zero-order chi connectivity index (χ0) is 34.4. The molecule has 12 nitrogen and oxygen atoms in total. The Morgan fingerprint density at radius 2 is 1.78 bits per heavy atom. The number of halogens is 3. The molecule has 1 unspecified atom stereocenters. The average Bonchev–Trinajstić information content (AvgIpc) is 2.99. The van der Waals surface area contributed by atoms with Crippen molar-refractivity contribution in [3.8, 4) is 5.88 Å². The van der Waals surface area contributed by atoms with Crippen LogP contribution in [0.2, 0.25) is 0 Å². The lowest BCUT2D eigenvalue weighted by molar-refractivity contribution is -0.153. The normalized spacial score (nSPS) is 18.5. The lowest BCUT2D eigenvalue weighted by atomic mass is 9.90. The number of benzene rings is 1. The van der Waals surface area contributed by atoms with Gasteiger partial charge in [0, 0.05) is 29.6 Å². The Hall–Kier alpha value is -2.45. The van der Waals surface area contributed by atoms with Gasteiger partial charge in [0.05, 0.1) is 18.8 Å². The van der Waals surface area contributed by atoms with Crippen LogP contribution in [-0.4, -0.2) is 85.9 Å². The van der Waals surface area contributed by atoms with Gasteiger partial charge in [-0.1, -0.05) is 74.6 Å². The summed E-state index contributed by atoms with van der Waals surface area (Å²) >= 11 is 17.0. The molecule has 0 radical (unpaired) electrons. The van der Waals surface area contributed by atoms with Crippen LogP contribution >= 0.6 is 34.8 Å². The van der Waals surface area contributed by atoms with Gasteiger partial charge in [-0.05, 0) is 49.6 Å². The summed E-state index contributed by atoms with van der Waals surface area (Å²) in [7, 11) is 0. The minimum Gasteiger partial charge on any atom is -0.477 e. The first kappa shape index (κ1) is 38.0. The molecule has 1 saturated heterocycles. The molecule has 46 heavy (non-hydrogen) atoms. The lowest BCUT2D eigenvalue weighted by Gasteiger charge is -2.36. The smallest absolute Gasteiger partial charge is 0.325 e. The number of aromatic nitrogens is 1. The number of hydrogen-bond donors (Lipinski definition) is 5. The molecule has 5 N–H and O–H groups in total. The maximum atomic E-state index is 13.3. The predicted octanol–water partition coefficient (Wildman–Crippen LogP) is 3.54. The number of ether oxygens (including phenoxy) is 2. The monoisotopic (exact) mass is 703 g/mol. The van der Waals surface area contributed by atoms with E-state index >= 15 is 0 Å². The highest BCUT2D eigenvalue weighted by molar-refractivity contribution is 6.67. The van der Waals surface area contributed by atoms with Crippen LogP contribution < -0.4 is 20.8 Å². The first-order valence-electron chi connectivity index (χ1n) is 15.1. The second kappa shape index (κ2) is 16.1. The van der Waals surface area contributed by atoms with Crippen LogP contribution in [0, 0.1) is 11.3 Å².